The van der Waals surface area contributed by atoms with E-state index in [1.807, 2.05) is 55.5 Å². The van der Waals surface area contributed by atoms with Gasteiger partial charge in [-0.1, -0.05) is 36.7 Å². The molecule has 2 aromatic rings. The molecule has 0 fully saturated rings. The number of likely N-dealkylation sites (N-methyl/N-ethyl adjacent to an activating group) is 1. The highest BCUT2D eigenvalue weighted by Crippen LogP contribution is 2.26. The molecule has 0 saturated carbocycles. The van der Waals surface area contributed by atoms with Crippen LogP contribution in [0.4, 0.5) is 5.69 Å². The van der Waals surface area contributed by atoms with Gasteiger partial charge in [-0.05, 0) is 49.4 Å². The van der Waals surface area contributed by atoms with E-state index in [1.54, 1.807) is 7.11 Å². The number of benzene rings is 2. The minimum absolute atomic E-state index is 0.0547. The van der Waals surface area contributed by atoms with Crippen LogP contribution in [0.1, 0.15) is 25.5 Å². The molecule has 0 aliphatic rings. The Morgan fingerprint density at radius 3 is 2.46 bits per heavy atom. The van der Waals surface area contributed by atoms with E-state index in [1.165, 1.54) is 0 Å². The number of carbonyl (C=O) groups is 1. The highest BCUT2D eigenvalue weighted by Gasteiger charge is 2.19. The molecule has 0 saturated heterocycles. The monoisotopic (exact) mass is 346 g/mol. The first-order valence-corrected chi connectivity index (χ1v) is 8.35. The molecule has 0 aromatic heterocycles. The van der Waals surface area contributed by atoms with E-state index < -0.39 is 0 Å². The van der Waals surface area contributed by atoms with E-state index in [2.05, 4.69) is 17.1 Å². The molecule has 1 atom stereocenters. The normalized spacial score (nSPS) is 12.0. The van der Waals surface area contributed by atoms with Crippen LogP contribution in [-0.2, 0) is 4.79 Å². The summed E-state index contributed by atoms with van der Waals surface area (Å²) in [4.78, 5) is 14.4. The Bertz CT molecular complexity index is 673. The van der Waals surface area contributed by atoms with Crippen molar-refractivity contribution in [3.63, 3.8) is 0 Å². The Balaban J connectivity index is 2.00. The molecule has 0 radical (unpaired) electrons. The fraction of sp³-hybridized carbons (Fsp3) is 0.316. The van der Waals surface area contributed by atoms with Gasteiger partial charge in [0.25, 0.3) is 0 Å². The van der Waals surface area contributed by atoms with Crippen molar-refractivity contribution < 1.29 is 9.53 Å². The SMILES string of the molecule is CCN(CC(=O)Nc1ccc(OC)cc1)[C@H](C)c1ccccc1Cl. The molecule has 24 heavy (non-hydrogen) atoms. The molecule has 0 bridgehead atoms. The molecule has 0 aliphatic carbocycles. The zero-order chi connectivity index (χ0) is 17.5. The highest BCUT2D eigenvalue weighted by atomic mass is 35.5. The van der Waals surface area contributed by atoms with E-state index in [0.29, 0.717) is 6.54 Å². The number of carbonyl (C=O) groups excluding carboxylic acids is 1. The fourth-order valence-corrected chi connectivity index (χ4v) is 2.89. The van der Waals surface area contributed by atoms with Crippen LogP contribution in [0.15, 0.2) is 48.5 Å². The Kier molecular flexibility index (Phi) is 6.64. The molecular weight excluding hydrogens is 324 g/mol. The second-order valence-corrected chi connectivity index (χ2v) is 5.94. The first-order chi connectivity index (χ1) is 11.5. The Morgan fingerprint density at radius 2 is 1.88 bits per heavy atom. The van der Waals surface area contributed by atoms with Gasteiger partial charge in [0.1, 0.15) is 5.75 Å². The van der Waals surface area contributed by atoms with Gasteiger partial charge in [-0.25, -0.2) is 0 Å². The molecule has 2 rings (SSSR count). The summed E-state index contributed by atoms with van der Waals surface area (Å²) in [6.07, 6.45) is 0. The van der Waals surface area contributed by atoms with Gasteiger partial charge in [0.15, 0.2) is 0 Å². The molecule has 128 valence electrons. The summed E-state index contributed by atoms with van der Waals surface area (Å²) in [6.45, 7) is 5.15. The average molecular weight is 347 g/mol. The average Bonchev–Trinajstić information content (AvgIpc) is 2.60. The van der Waals surface area contributed by atoms with Crippen molar-refractivity contribution in [3.8, 4) is 5.75 Å². The van der Waals surface area contributed by atoms with Gasteiger partial charge in [0.05, 0.1) is 13.7 Å². The smallest absolute Gasteiger partial charge is 0.238 e. The standard InChI is InChI=1S/C19H23ClN2O2/c1-4-22(14(2)17-7-5-6-8-18(17)20)13-19(23)21-15-9-11-16(24-3)12-10-15/h5-12,14H,4,13H2,1-3H3,(H,21,23)/t14-/m1/s1. The number of hydrogen-bond donors (Lipinski definition) is 1. The number of hydrogen-bond acceptors (Lipinski definition) is 3. The maximum atomic E-state index is 12.3. The van der Waals surface area contributed by atoms with Gasteiger partial charge < -0.3 is 10.1 Å². The third-order valence-corrected chi connectivity index (χ3v) is 4.37. The third kappa shape index (κ3) is 4.73. The summed E-state index contributed by atoms with van der Waals surface area (Å²) in [5.41, 5.74) is 1.78. The maximum absolute atomic E-state index is 12.3. The van der Waals surface area contributed by atoms with Crippen molar-refractivity contribution >= 4 is 23.2 Å². The number of rotatable bonds is 7. The van der Waals surface area contributed by atoms with Crippen molar-refractivity contribution in [2.75, 3.05) is 25.5 Å². The molecule has 0 spiro atoms. The molecular formula is C19H23ClN2O2. The first kappa shape index (κ1) is 18.3. The van der Waals surface area contributed by atoms with Crippen LogP contribution < -0.4 is 10.1 Å². The predicted octanol–water partition coefficient (Wildman–Crippen LogP) is 4.37. The van der Waals surface area contributed by atoms with Crippen LogP contribution in [0.3, 0.4) is 0 Å². The minimum Gasteiger partial charge on any atom is -0.497 e. The van der Waals surface area contributed by atoms with E-state index in [9.17, 15) is 4.79 Å². The van der Waals surface area contributed by atoms with Crippen molar-refractivity contribution in [1.82, 2.24) is 4.90 Å². The molecule has 2 aromatic carbocycles. The number of ether oxygens (including phenoxy) is 1. The summed E-state index contributed by atoms with van der Waals surface area (Å²) < 4.78 is 5.11. The Morgan fingerprint density at radius 1 is 1.21 bits per heavy atom. The third-order valence-electron chi connectivity index (χ3n) is 4.03. The fourth-order valence-electron chi connectivity index (χ4n) is 2.59. The Labute approximate surface area is 148 Å². The highest BCUT2D eigenvalue weighted by molar-refractivity contribution is 6.31. The summed E-state index contributed by atoms with van der Waals surface area (Å²) >= 11 is 6.28. The number of nitrogens with zero attached hydrogens (tertiary/aromatic N) is 1. The molecule has 1 amide bonds. The van der Waals surface area contributed by atoms with E-state index >= 15 is 0 Å². The number of anilines is 1. The number of halogens is 1. The first-order valence-electron chi connectivity index (χ1n) is 7.97. The van der Waals surface area contributed by atoms with Gasteiger partial charge in [-0.15, -0.1) is 0 Å². The lowest BCUT2D eigenvalue weighted by atomic mass is 10.1. The second-order valence-electron chi connectivity index (χ2n) is 5.54. The molecule has 5 heteroatoms. The largest absolute Gasteiger partial charge is 0.497 e. The van der Waals surface area contributed by atoms with Crippen LogP contribution in [0.2, 0.25) is 5.02 Å². The van der Waals surface area contributed by atoms with E-state index in [4.69, 9.17) is 16.3 Å². The van der Waals surface area contributed by atoms with Crippen LogP contribution in [0.25, 0.3) is 0 Å². The predicted molar refractivity (Wildman–Crippen MR) is 98.7 cm³/mol. The van der Waals surface area contributed by atoms with Crippen LogP contribution in [-0.4, -0.2) is 31.0 Å². The Hall–Kier alpha value is -2.04. The summed E-state index contributed by atoms with van der Waals surface area (Å²) in [5, 5.41) is 3.63. The summed E-state index contributed by atoms with van der Waals surface area (Å²) in [6, 6.07) is 15.1. The lowest BCUT2D eigenvalue weighted by Gasteiger charge is -2.28. The van der Waals surface area contributed by atoms with Gasteiger partial charge in [0, 0.05) is 16.8 Å². The van der Waals surface area contributed by atoms with Crippen molar-refractivity contribution in [1.29, 1.82) is 0 Å². The number of amides is 1. The molecule has 4 nitrogen and oxygen atoms in total. The minimum atomic E-state index is -0.0547. The van der Waals surface area contributed by atoms with Crippen molar-refractivity contribution in [2.45, 2.75) is 19.9 Å². The summed E-state index contributed by atoms with van der Waals surface area (Å²) in [5.74, 6) is 0.705. The molecule has 0 heterocycles. The lowest BCUT2D eigenvalue weighted by Crippen LogP contribution is -2.35. The van der Waals surface area contributed by atoms with Gasteiger partial charge in [-0.2, -0.15) is 0 Å². The van der Waals surface area contributed by atoms with E-state index in [-0.39, 0.29) is 11.9 Å². The lowest BCUT2D eigenvalue weighted by molar-refractivity contribution is -0.117. The van der Waals surface area contributed by atoms with E-state index in [0.717, 1.165) is 28.6 Å². The zero-order valence-electron chi connectivity index (χ0n) is 14.3. The van der Waals surface area contributed by atoms with Crippen LogP contribution >= 0.6 is 11.6 Å². The zero-order valence-corrected chi connectivity index (χ0v) is 15.0. The van der Waals surface area contributed by atoms with Gasteiger partial charge >= 0.3 is 0 Å². The molecule has 1 N–H and O–H groups in total. The van der Waals surface area contributed by atoms with Gasteiger partial charge in [0.2, 0.25) is 5.91 Å². The number of nitrogens with one attached hydrogen (secondary N) is 1. The van der Waals surface area contributed by atoms with Crippen LogP contribution in [0, 0.1) is 0 Å². The molecule has 0 aliphatic heterocycles. The second kappa shape index (κ2) is 8.71. The van der Waals surface area contributed by atoms with Crippen molar-refractivity contribution in [3.05, 3.63) is 59.1 Å². The van der Waals surface area contributed by atoms with Gasteiger partial charge in [-0.3, -0.25) is 9.69 Å². The quantitative estimate of drug-likeness (QED) is 0.809. The van der Waals surface area contributed by atoms with Crippen molar-refractivity contribution in [2.24, 2.45) is 0 Å². The van der Waals surface area contributed by atoms with Crippen LogP contribution in [0.5, 0.6) is 5.75 Å². The maximum Gasteiger partial charge on any atom is 0.238 e. The number of methoxy groups -OCH3 is 1. The molecule has 0 unspecified atom stereocenters. The topological polar surface area (TPSA) is 41.6 Å². The summed E-state index contributed by atoms with van der Waals surface area (Å²) in [7, 11) is 1.61.